The zero-order valence-corrected chi connectivity index (χ0v) is 20.2. The van der Waals surface area contributed by atoms with E-state index in [1.54, 1.807) is 41.3 Å². The maximum absolute atomic E-state index is 13.2. The Bertz CT molecular complexity index is 1290. The molecule has 2 amide bonds. The molecule has 2 aromatic carbocycles. The van der Waals surface area contributed by atoms with Crippen LogP contribution in [0.5, 0.6) is 11.5 Å². The second-order valence-electron chi connectivity index (χ2n) is 8.69. The molecule has 37 heavy (non-hydrogen) atoms. The van der Waals surface area contributed by atoms with Crippen LogP contribution in [-0.2, 0) is 4.79 Å². The van der Waals surface area contributed by atoms with E-state index >= 15 is 0 Å². The van der Waals surface area contributed by atoms with Gasteiger partial charge in [-0.3, -0.25) is 9.59 Å². The van der Waals surface area contributed by atoms with Gasteiger partial charge < -0.3 is 24.2 Å². The third-order valence-electron chi connectivity index (χ3n) is 6.33. The fraction of sp³-hybridized carbons (Fsp3) is 0.259. The third-order valence-corrected chi connectivity index (χ3v) is 6.33. The quantitative estimate of drug-likeness (QED) is 0.458. The molecule has 2 aliphatic rings. The molecule has 10 heteroatoms. The first-order chi connectivity index (χ1) is 18.0. The standard InChI is InChI=1S/C27H26FN5O4/c1-2-11-33(27(35)20-5-9-23-24(16-20)37-18-36-23)17-26(34)32-14-12-31(13-15-32)25-10-8-22(29-30-25)19-3-6-21(28)7-4-19/h2-10,16H,1,11-15,17-18H2. The van der Waals surface area contributed by atoms with E-state index < -0.39 is 0 Å². The minimum atomic E-state index is -0.300. The Kier molecular flexibility index (Phi) is 6.98. The van der Waals surface area contributed by atoms with Gasteiger partial charge in [-0.1, -0.05) is 6.08 Å². The fourth-order valence-electron chi connectivity index (χ4n) is 4.30. The number of fused-ring (bicyclic) bond motifs is 1. The highest BCUT2D eigenvalue weighted by Gasteiger charge is 2.26. The van der Waals surface area contributed by atoms with E-state index in [2.05, 4.69) is 21.7 Å². The molecule has 0 radical (unpaired) electrons. The van der Waals surface area contributed by atoms with E-state index in [-0.39, 0.29) is 37.5 Å². The summed E-state index contributed by atoms with van der Waals surface area (Å²) in [6, 6.07) is 14.8. The summed E-state index contributed by atoms with van der Waals surface area (Å²) in [5, 5.41) is 8.59. The summed E-state index contributed by atoms with van der Waals surface area (Å²) in [5.41, 5.74) is 1.87. The van der Waals surface area contributed by atoms with Gasteiger partial charge in [0, 0.05) is 43.9 Å². The molecule has 0 spiro atoms. The molecular formula is C27H26FN5O4. The summed E-state index contributed by atoms with van der Waals surface area (Å²) < 4.78 is 23.8. The van der Waals surface area contributed by atoms with Gasteiger partial charge in [-0.25, -0.2) is 4.39 Å². The Morgan fingerprint density at radius 2 is 1.73 bits per heavy atom. The lowest BCUT2D eigenvalue weighted by Gasteiger charge is -2.36. The van der Waals surface area contributed by atoms with Crippen LogP contribution in [0.25, 0.3) is 11.3 Å². The van der Waals surface area contributed by atoms with Gasteiger partial charge in [0.1, 0.15) is 12.4 Å². The highest BCUT2D eigenvalue weighted by Crippen LogP contribution is 2.32. The Morgan fingerprint density at radius 3 is 2.43 bits per heavy atom. The van der Waals surface area contributed by atoms with E-state index in [0.717, 1.165) is 5.56 Å². The van der Waals surface area contributed by atoms with Gasteiger partial charge in [-0.05, 0) is 54.6 Å². The van der Waals surface area contributed by atoms with Crippen LogP contribution in [0.1, 0.15) is 10.4 Å². The van der Waals surface area contributed by atoms with Crippen LogP contribution in [0, 0.1) is 5.82 Å². The summed E-state index contributed by atoms with van der Waals surface area (Å²) in [6.45, 7) is 6.23. The summed E-state index contributed by atoms with van der Waals surface area (Å²) in [5.74, 6) is 1.11. The number of hydrogen-bond donors (Lipinski definition) is 0. The Balaban J connectivity index is 1.17. The first-order valence-corrected chi connectivity index (χ1v) is 11.9. The lowest BCUT2D eigenvalue weighted by molar-refractivity contribution is -0.132. The molecule has 2 aliphatic heterocycles. The number of nitrogens with zero attached hydrogens (tertiary/aromatic N) is 5. The third kappa shape index (κ3) is 5.37. The van der Waals surface area contributed by atoms with E-state index in [4.69, 9.17) is 9.47 Å². The number of rotatable bonds is 7. The Hall–Kier alpha value is -4.47. The summed E-state index contributed by atoms with van der Waals surface area (Å²) in [4.78, 5) is 31.4. The lowest BCUT2D eigenvalue weighted by atomic mass is 10.1. The Morgan fingerprint density at radius 1 is 0.973 bits per heavy atom. The monoisotopic (exact) mass is 503 g/mol. The number of carbonyl (C=O) groups is 2. The van der Waals surface area contributed by atoms with Gasteiger partial charge in [0.05, 0.1) is 5.69 Å². The van der Waals surface area contributed by atoms with Crippen molar-refractivity contribution >= 4 is 17.6 Å². The van der Waals surface area contributed by atoms with Crippen LogP contribution in [0.3, 0.4) is 0 Å². The molecule has 0 unspecified atom stereocenters. The van der Waals surface area contributed by atoms with Crippen LogP contribution in [0.2, 0.25) is 0 Å². The van der Waals surface area contributed by atoms with Gasteiger partial charge >= 0.3 is 0 Å². The molecule has 1 fully saturated rings. The van der Waals surface area contributed by atoms with Crippen molar-refractivity contribution in [3.63, 3.8) is 0 Å². The second kappa shape index (κ2) is 10.7. The number of piperazine rings is 1. The van der Waals surface area contributed by atoms with Crippen LogP contribution in [0.4, 0.5) is 10.2 Å². The number of benzene rings is 2. The van der Waals surface area contributed by atoms with E-state index in [0.29, 0.717) is 54.8 Å². The SMILES string of the molecule is C=CCN(CC(=O)N1CCN(c2ccc(-c3ccc(F)cc3)nn2)CC1)C(=O)c1ccc2c(c1)OCO2. The highest BCUT2D eigenvalue weighted by molar-refractivity contribution is 5.97. The smallest absolute Gasteiger partial charge is 0.254 e. The molecule has 3 heterocycles. The summed E-state index contributed by atoms with van der Waals surface area (Å²) in [7, 11) is 0. The van der Waals surface area contributed by atoms with Gasteiger partial charge in [0.25, 0.3) is 5.91 Å². The molecule has 1 aromatic heterocycles. The fourth-order valence-corrected chi connectivity index (χ4v) is 4.30. The summed E-state index contributed by atoms with van der Waals surface area (Å²) >= 11 is 0. The van der Waals surface area contributed by atoms with Crippen molar-refractivity contribution in [2.45, 2.75) is 0 Å². The Labute approximate surface area is 213 Å². The van der Waals surface area contributed by atoms with Crippen LogP contribution < -0.4 is 14.4 Å². The van der Waals surface area contributed by atoms with Gasteiger partial charge in [0.15, 0.2) is 17.3 Å². The second-order valence-corrected chi connectivity index (χ2v) is 8.69. The van der Waals surface area contributed by atoms with Crippen molar-refractivity contribution in [1.29, 1.82) is 0 Å². The molecule has 1 saturated heterocycles. The zero-order valence-electron chi connectivity index (χ0n) is 20.2. The van der Waals surface area contributed by atoms with Crippen molar-refractivity contribution in [3.05, 3.63) is 78.6 Å². The van der Waals surface area contributed by atoms with Crippen LogP contribution in [0.15, 0.2) is 67.3 Å². The lowest BCUT2D eigenvalue weighted by Crippen LogP contribution is -2.52. The number of aromatic nitrogens is 2. The number of anilines is 1. The number of ether oxygens (including phenoxy) is 2. The first kappa shape index (κ1) is 24.2. The van der Waals surface area contributed by atoms with Crippen molar-refractivity contribution in [3.8, 4) is 22.8 Å². The van der Waals surface area contributed by atoms with Crippen LogP contribution >= 0.6 is 0 Å². The van der Waals surface area contributed by atoms with Gasteiger partial charge in [-0.2, -0.15) is 0 Å². The van der Waals surface area contributed by atoms with Gasteiger partial charge in [0.2, 0.25) is 12.7 Å². The maximum atomic E-state index is 13.2. The molecule has 3 aromatic rings. The van der Waals surface area contributed by atoms with Crippen LogP contribution in [-0.4, -0.2) is 77.9 Å². The maximum Gasteiger partial charge on any atom is 0.254 e. The minimum Gasteiger partial charge on any atom is -0.454 e. The average molecular weight is 504 g/mol. The number of hydrogen-bond acceptors (Lipinski definition) is 7. The van der Waals surface area contributed by atoms with Crippen molar-refractivity contribution in [2.24, 2.45) is 0 Å². The van der Waals surface area contributed by atoms with E-state index in [1.807, 2.05) is 12.1 Å². The number of halogens is 1. The van der Waals surface area contributed by atoms with Crippen molar-refractivity contribution in [1.82, 2.24) is 20.0 Å². The number of amides is 2. The molecule has 0 N–H and O–H groups in total. The van der Waals surface area contributed by atoms with E-state index in [9.17, 15) is 14.0 Å². The van der Waals surface area contributed by atoms with E-state index in [1.165, 1.54) is 17.0 Å². The number of carbonyl (C=O) groups excluding carboxylic acids is 2. The largest absolute Gasteiger partial charge is 0.454 e. The normalized spacial score (nSPS) is 14.4. The van der Waals surface area contributed by atoms with Gasteiger partial charge in [-0.15, -0.1) is 16.8 Å². The molecule has 0 aliphatic carbocycles. The minimum absolute atomic E-state index is 0.0501. The molecule has 9 nitrogen and oxygen atoms in total. The van der Waals surface area contributed by atoms with Crippen molar-refractivity contribution < 1.29 is 23.5 Å². The molecule has 0 atom stereocenters. The zero-order chi connectivity index (χ0) is 25.8. The molecule has 0 saturated carbocycles. The highest BCUT2D eigenvalue weighted by atomic mass is 19.1. The molecular weight excluding hydrogens is 477 g/mol. The first-order valence-electron chi connectivity index (χ1n) is 11.9. The predicted octanol–water partition coefficient (Wildman–Crippen LogP) is 2.99. The molecule has 190 valence electrons. The molecule has 5 rings (SSSR count). The topological polar surface area (TPSA) is 88.1 Å². The average Bonchev–Trinajstić information content (AvgIpc) is 3.41. The summed E-state index contributed by atoms with van der Waals surface area (Å²) in [6.07, 6.45) is 1.60. The molecule has 0 bridgehead atoms. The predicted molar refractivity (Wildman–Crippen MR) is 135 cm³/mol. The van der Waals surface area contributed by atoms with Crippen molar-refractivity contribution in [2.75, 3.05) is 51.0 Å².